The van der Waals surface area contributed by atoms with Crippen LogP contribution in [0.3, 0.4) is 0 Å². The van der Waals surface area contributed by atoms with Crippen LogP contribution < -0.4 is 14.4 Å². The van der Waals surface area contributed by atoms with Crippen molar-refractivity contribution in [3.63, 3.8) is 0 Å². The number of aromatic nitrogens is 3. The standard InChI is InChI=1S/C31H36FN5O4S/c1-31(2,3)27-17-33-30(41-27)21-8-7-20(15-21)25-16-28(36-35-25)34-24-11-12-26-23(29(24)32)13-14-42(38,39)37(26)18-19-5-9-22(40-4)10-6-19/h5-6,9-12,16-17,20-21H,7-8,13-15,18H2,1-4H3,(H2,34,35,36). The monoisotopic (exact) mass is 593 g/mol. The molecule has 42 heavy (non-hydrogen) atoms. The number of oxazole rings is 1. The lowest BCUT2D eigenvalue weighted by atomic mass is 9.94. The number of nitrogens with one attached hydrogen (secondary N) is 2. The molecule has 2 N–H and O–H groups in total. The third-order valence-electron chi connectivity index (χ3n) is 8.26. The van der Waals surface area contributed by atoms with Gasteiger partial charge in [0.2, 0.25) is 10.0 Å². The van der Waals surface area contributed by atoms with Gasteiger partial charge in [0.25, 0.3) is 0 Å². The smallest absolute Gasteiger partial charge is 0.235 e. The predicted molar refractivity (Wildman–Crippen MR) is 159 cm³/mol. The Kier molecular flexibility index (Phi) is 7.24. The molecule has 1 aliphatic heterocycles. The van der Waals surface area contributed by atoms with Crippen molar-refractivity contribution in [2.75, 3.05) is 22.5 Å². The molecule has 3 heterocycles. The molecule has 0 spiro atoms. The van der Waals surface area contributed by atoms with E-state index < -0.39 is 15.8 Å². The molecular formula is C31H36FN5O4S. The van der Waals surface area contributed by atoms with Gasteiger partial charge in [-0.25, -0.2) is 17.8 Å². The quantitative estimate of drug-likeness (QED) is 0.250. The molecule has 4 aromatic rings. The number of rotatable bonds is 7. The normalized spacial score (nSPS) is 20.0. The van der Waals surface area contributed by atoms with Crippen molar-refractivity contribution in [1.29, 1.82) is 0 Å². The maximum absolute atomic E-state index is 15.8. The number of halogens is 1. The predicted octanol–water partition coefficient (Wildman–Crippen LogP) is 6.53. The van der Waals surface area contributed by atoms with E-state index in [0.717, 1.165) is 42.2 Å². The molecule has 1 fully saturated rings. The van der Waals surface area contributed by atoms with Gasteiger partial charge in [-0.15, -0.1) is 0 Å². The Hall–Kier alpha value is -3.86. The molecule has 2 atom stereocenters. The van der Waals surface area contributed by atoms with Crippen LogP contribution in [0.2, 0.25) is 0 Å². The maximum atomic E-state index is 15.8. The second-order valence-corrected chi connectivity index (χ2v) is 14.2. The van der Waals surface area contributed by atoms with Crippen molar-refractivity contribution in [3.8, 4) is 5.75 Å². The highest BCUT2D eigenvalue weighted by Gasteiger charge is 2.34. The molecule has 0 bridgehead atoms. The summed E-state index contributed by atoms with van der Waals surface area (Å²) in [7, 11) is -2.02. The number of hydrogen-bond donors (Lipinski definition) is 2. The van der Waals surface area contributed by atoms with E-state index in [1.807, 2.05) is 24.4 Å². The molecule has 2 aromatic carbocycles. The summed E-state index contributed by atoms with van der Waals surface area (Å²) in [6.07, 6.45) is 4.79. The van der Waals surface area contributed by atoms with Crippen LogP contribution in [-0.4, -0.2) is 36.5 Å². The molecule has 9 nitrogen and oxygen atoms in total. The van der Waals surface area contributed by atoms with Gasteiger partial charge in [-0.05, 0) is 55.5 Å². The number of methoxy groups -OCH3 is 1. The Balaban J connectivity index is 1.17. The lowest BCUT2D eigenvalue weighted by Gasteiger charge is -2.31. The van der Waals surface area contributed by atoms with Crippen molar-refractivity contribution in [2.24, 2.45) is 0 Å². The number of anilines is 3. The number of ether oxygens (including phenoxy) is 1. The van der Waals surface area contributed by atoms with Gasteiger partial charge in [0.05, 0.1) is 37.0 Å². The number of fused-ring (bicyclic) bond motifs is 1. The van der Waals surface area contributed by atoms with Gasteiger partial charge < -0.3 is 14.5 Å². The van der Waals surface area contributed by atoms with Gasteiger partial charge in [0.15, 0.2) is 17.5 Å². The topological polar surface area (TPSA) is 113 Å². The average Bonchev–Trinajstić information content (AvgIpc) is 3.72. The molecule has 0 radical (unpaired) electrons. The van der Waals surface area contributed by atoms with Crippen molar-refractivity contribution in [1.82, 2.24) is 15.2 Å². The van der Waals surface area contributed by atoms with E-state index in [1.165, 1.54) is 4.31 Å². The summed E-state index contributed by atoms with van der Waals surface area (Å²) < 4.78 is 54.3. The lowest BCUT2D eigenvalue weighted by molar-refractivity contribution is 0.363. The molecule has 0 saturated heterocycles. The van der Waals surface area contributed by atoms with Gasteiger partial charge in [-0.1, -0.05) is 32.9 Å². The van der Waals surface area contributed by atoms with E-state index in [1.54, 1.807) is 31.4 Å². The summed E-state index contributed by atoms with van der Waals surface area (Å²) in [4.78, 5) is 4.55. The number of nitrogens with zero attached hydrogens (tertiary/aromatic N) is 3. The molecule has 6 rings (SSSR count). The fourth-order valence-corrected chi connectivity index (χ4v) is 7.31. The first-order valence-electron chi connectivity index (χ1n) is 14.2. The van der Waals surface area contributed by atoms with Gasteiger partial charge >= 0.3 is 0 Å². The number of aromatic amines is 1. The van der Waals surface area contributed by atoms with Crippen LogP contribution in [0.5, 0.6) is 5.75 Å². The Labute approximate surface area is 245 Å². The average molecular weight is 594 g/mol. The zero-order valence-electron chi connectivity index (χ0n) is 24.3. The van der Waals surface area contributed by atoms with Crippen molar-refractivity contribution < 1.29 is 22.0 Å². The molecule has 2 aromatic heterocycles. The molecule has 0 amide bonds. The summed E-state index contributed by atoms with van der Waals surface area (Å²) in [5.74, 6) is 2.77. The van der Waals surface area contributed by atoms with Gasteiger partial charge in [-0.3, -0.25) is 9.40 Å². The zero-order valence-corrected chi connectivity index (χ0v) is 25.1. The molecule has 1 aliphatic carbocycles. The molecule has 1 saturated carbocycles. The van der Waals surface area contributed by atoms with Crippen LogP contribution in [0.1, 0.15) is 80.3 Å². The molecular weight excluding hydrogens is 557 g/mol. The minimum absolute atomic E-state index is 0.0811. The number of benzene rings is 2. The third kappa shape index (κ3) is 5.49. The maximum Gasteiger partial charge on any atom is 0.235 e. The van der Waals surface area contributed by atoms with Gasteiger partial charge in [-0.2, -0.15) is 5.10 Å². The fourth-order valence-electron chi connectivity index (χ4n) is 5.81. The summed E-state index contributed by atoms with van der Waals surface area (Å²) in [6.45, 7) is 6.45. The molecule has 222 valence electrons. The van der Waals surface area contributed by atoms with Crippen LogP contribution in [-0.2, 0) is 28.4 Å². The van der Waals surface area contributed by atoms with Crippen molar-refractivity contribution >= 4 is 27.2 Å². The Morgan fingerprint density at radius 3 is 2.62 bits per heavy atom. The Morgan fingerprint density at radius 2 is 1.90 bits per heavy atom. The van der Waals surface area contributed by atoms with Crippen molar-refractivity contribution in [2.45, 2.75) is 70.3 Å². The van der Waals surface area contributed by atoms with E-state index in [4.69, 9.17) is 9.15 Å². The number of H-pyrrole nitrogens is 1. The van der Waals surface area contributed by atoms with Crippen molar-refractivity contribution in [3.05, 3.63) is 83.0 Å². The Bertz CT molecular complexity index is 1690. The fraction of sp³-hybridized carbons (Fsp3) is 0.419. The highest BCUT2D eigenvalue weighted by Crippen LogP contribution is 2.44. The lowest BCUT2D eigenvalue weighted by Crippen LogP contribution is -2.37. The molecule has 11 heteroatoms. The van der Waals surface area contributed by atoms with Crippen LogP contribution in [0.25, 0.3) is 0 Å². The van der Waals surface area contributed by atoms with Gasteiger partial charge in [0.1, 0.15) is 11.5 Å². The number of hydrogen-bond acceptors (Lipinski definition) is 7. The van der Waals surface area contributed by atoms with E-state index in [-0.39, 0.29) is 41.7 Å². The first-order chi connectivity index (χ1) is 20.0. The highest BCUT2D eigenvalue weighted by molar-refractivity contribution is 7.92. The Morgan fingerprint density at radius 1 is 1.14 bits per heavy atom. The van der Waals surface area contributed by atoms with Crippen LogP contribution in [0.4, 0.5) is 21.6 Å². The van der Waals surface area contributed by atoms with Crippen LogP contribution >= 0.6 is 0 Å². The first-order valence-corrected chi connectivity index (χ1v) is 15.9. The SMILES string of the molecule is COc1ccc(CN2c3ccc(Nc4cc(C5CCC(c6ncc(C(C)(C)C)o6)C5)[nH]n4)c(F)c3CCS2(=O)=O)cc1. The number of sulfonamides is 1. The molecule has 2 unspecified atom stereocenters. The summed E-state index contributed by atoms with van der Waals surface area (Å²) in [6, 6.07) is 12.3. The second-order valence-electron chi connectivity index (χ2n) is 12.2. The first kappa shape index (κ1) is 28.3. The zero-order chi connectivity index (χ0) is 29.6. The van der Waals surface area contributed by atoms with E-state index in [9.17, 15) is 8.42 Å². The van der Waals surface area contributed by atoms with Crippen LogP contribution in [0.15, 0.2) is 53.1 Å². The summed E-state index contributed by atoms with van der Waals surface area (Å²) >= 11 is 0. The van der Waals surface area contributed by atoms with E-state index in [2.05, 4.69) is 41.3 Å². The largest absolute Gasteiger partial charge is 0.497 e. The minimum Gasteiger partial charge on any atom is -0.497 e. The third-order valence-corrected chi connectivity index (χ3v) is 9.98. The summed E-state index contributed by atoms with van der Waals surface area (Å²) in [5.41, 5.74) is 2.68. The minimum atomic E-state index is -3.59. The van der Waals surface area contributed by atoms with E-state index in [0.29, 0.717) is 22.8 Å². The van der Waals surface area contributed by atoms with Crippen LogP contribution in [0, 0.1) is 5.82 Å². The summed E-state index contributed by atoms with van der Waals surface area (Å²) in [5, 5.41) is 10.6. The second kappa shape index (κ2) is 10.8. The van der Waals surface area contributed by atoms with Gasteiger partial charge in [0, 0.05) is 34.6 Å². The van der Waals surface area contributed by atoms with E-state index >= 15 is 4.39 Å². The molecule has 2 aliphatic rings. The highest BCUT2D eigenvalue weighted by atomic mass is 32.2.